The van der Waals surface area contributed by atoms with Crippen LogP contribution < -0.4 is 35.9 Å². The number of aliphatic hydroxyl groups is 12. The minimum Gasteiger partial charge on any atom is -0.447 e. The molecule has 69 heavy (non-hydrogen) atoms. The van der Waals surface area contributed by atoms with Crippen molar-refractivity contribution in [1.82, 2.24) is 20.3 Å². The van der Waals surface area contributed by atoms with Crippen molar-refractivity contribution < 1.29 is 89.7 Å². The number of aliphatic hydroxyl groups excluding tert-OH is 12. The monoisotopic (exact) mass is 982 g/mol. The Morgan fingerprint density at radius 1 is 0.464 bits per heavy atom. The van der Waals surface area contributed by atoms with Crippen LogP contribution in [-0.4, -0.2) is 195 Å². The van der Waals surface area contributed by atoms with Crippen LogP contribution >= 0.6 is 0 Å². The van der Waals surface area contributed by atoms with Crippen molar-refractivity contribution in [2.24, 2.45) is 0 Å². The summed E-state index contributed by atoms with van der Waals surface area (Å²) in [7, 11) is 0. The van der Waals surface area contributed by atoms with E-state index < -0.39 is 112 Å². The van der Waals surface area contributed by atoms with Crippen LogP contribution in [0.2, 0.25) is 0 Å². The summed E-state index contributed by atoms with van der Waals surface area (Å²) in [5.74, 6) is 0.347. The molecule has 0 amide bonds. The molecule has 0 bridgehead atoms. The highest BCUT2D eigenvalue weighted by Crippen LogP contribution is 2.28. The molecule has 4 aliphatic heterocycles. The van der Waals surface area contributed by atoms with E-state index in [0.717, 1.165) is 86.0 Å². The Hall–Kier alpha value is -4.39. The zero-order valence-electron chi connectivity index (χ0n) is 37.3. The van der Waals surface area contributed by atoms with Gasteiger partial charge in [-0.1, -0.05) is 0 Å². The first kappa shape index (κ1) is 52.4. The number of nitrogens with one attached hydrogen (secondary N) is 4. The normalized spacial score (nSPS) is 34.0. The van der Waals surface area contributed by atoms with Crippen LogP contribution in [0, 0.1) is 0 Å². The highest BCUT2D eigenvalue weighted by Gasteiger charge is 2.47. The summed E-state index contributed by atoms with van der Waals surface area (Å²) in [6, 6.07) is 4.22. The maximum atomic E-state index is 12.1. The van der Waals surface area contributed by atoms with Crippen LogP contribution in [0.3, 0.4) is 0 Å². The summed E-state index contributed by atoms with van der Waals surface area (Å²) in [6.07, 6.45) is -13.0. The number of aromatic amines is 3. The molecule has 0 aromatic carbocycles. The minimum absolute atomic E-state index is 0.0972. The zero-order valence-corrected chi connectivity index (χ0v) is 37.3. The molecule has 6 aliphatic rings. The molecular weight excluding hydrogens is 920 g/mol. The fraction of sp³-hybridized carbons (Fsp3) is 0.659. The van der Waals surface area contributed by atoms with Gasteiger partial charge in [-0.15, -0.1) is 0 Å². The van der Waals surface area contributed by atoms with Gasteiger partial charge in [-0.05, 0) is 56.9 Å². The summed E-state index contributed by atoms with van der Waals surface area (Å²) >= 11 is 0. The molecule has 0 radical (unpaired) electrons. The molecular formula is C44H62N4O21. The van der Waals surface area contributed by atoms with Crippen LogP contribution in [0.4, 0.5) is 0 Å². The van der Waals surface area contributed by atoms with Crippen LogP contribution in [0.1, 0.15) is 59.3 Å². The summed E-state index contributed by atoms with van der Waals surface area (Å²) in [5, 5.41) is 119. The van der Waals surface area contributed by atoms with Crippen molar-refractivity contribution in [1.29, 1.82) is 0 Å². The van der Waals surface area contributed by atoms with Gasteiger partial charge in [0.25, 0.3) is 5.56 Å². The smallest absolute Gasteiger partial charge is 0.254 e. The first-order valence-electron chi connectivity index (χ1n) is 22.9. The Morgan fingerprint density at radius 2 is 0.870 bits per heavy atom. The molecule has 3 aromatic heterocycles. The van der Waals surface area contributed by atoms with Crippen LogP contribution in [0.5, 0.6) is 17.6 Å². The van der Waals surface area contributed by atoms with E-state index in [2.05, 4.69) is 20.3 Å². The number of aryl methyl sites for hydroxylation is 2. The highest BCUT2D eigenvalue weighted by molar-refractivity contribution is 5.32. The molecule has 2 aliphatic carbocycles. The molecule has 15 atom stereocenters. The quantitative estimate of drug-likeness (QED) is 0.0949. The van der Waals surface area contributed by atoms with Gasteiger partial charge in [0.15, 0.2) is 28.5 Å². The number of hydrogen-bond donors (Lipinski definition) is 16. The van der Waals surface area contributed by atoms with Gasteiger partial charge in [-0.2, -0.15) is 0 Å². The number of pyridine rings is 3. The largest absolute Gasteiger partial charge is 0.447 e. The lowest BCUT2D eigenvalue weighted by Crippen LogP contribution is -2.60. The van der Waals surface area contributed by atoms with Gasteiger partial charge in [0.1, 0.15) is 73.2 Å². The molecule has 3 saturated heterocycles. The van der Waals surface area contributed by atoms with Gasteiger partial charge < -0.3 is 105 Å². The number of rotatable bonds is 9. The summed E-state index contributed by atoms with van der Waals surface area (Å²) in [4.78, 5) is 44.8. The number of H-pyrrole nitrogens is 3. The third-order valence-corrected chi connectivity index (χ3v) is 13.0. The first-order chi connectivity index (χ1) is 33.0. The van der Waals surface area contributed by atoms with Gasteiger partial charge in [-0.3, -0.25) is 19.4 Å². The number of hydrogen-bond acceptors (Lipinski definition) is 22. The lowest BCUT2D eigenvalue weighted by Gasteiger charge is -2.39. The van der Waals surface area contributed by atoms with E-state index in [9.17, 15) is 60.3 Å². The fourth-order valence-electron chi connectivity index (χ4n) is 8.94. The van der Waals surface area contributed by atoms with E-state index in [-0.39, 0.29) is 34.1 Å². The van der Waals surface area contributed by atoms with E-state index in [1.807, 2.05) is 0 Å². The predicted molar refractivity (Wildman–Crippen MR) is 233 cm³/mol. The standard InChI is InChI=1S/2C15H21NO7.C14H20N2O7/c17-6-10-12(19)13(20)14(21)15(22-10)23-11-5-9(18)7-3-1-2-4-8(7)16-11;17-6-9-11(18)12(19)13(20)15(22-9)23-10-5-7-3-1-2-4-8(7)14(21)16-10;17-5-9-11(19)12(20)13(21)14(22-9)23-10-3-8(18)6-4-15-2-1-7(6)16-10/h5,10,12-15,17,19-21H,1-4,6H2,(H,16,18);5,9,11-13,15,17-20H,1-4,6H2,(H,16,21);3,9,11-15,17,19-21H,1-2,4-5H2,(H,16,18)/t10?,12-,13+,14?,15+;9?,11-,12+,13?,15+;9?,11-,12+,13?,14+/m111/s1. The van der Waals surface area contributed by atoms with Crippen molar-refractivity contribution in [2.75, 3.05) is 26.4 Å². The Kier molecular flexibility index (Phi) is 17.7. The number of fused-ring (bicyclic) bond motifs is 3. The first-order valence-corrected chi connectivity index (χ1v) is 22.9. The molecule has 7 heterocycles. The average molecular weight is 983 g/mol. The molecule has 25 nitrogen and oxygen atoms in total. The number of ether oxygens (including phenoxy) is 6. The van der Waals surface area contributed by atoms with Crippen molar-refractivity contribution in [2.45, 2.75) is 156 Å². The van der Waals surface area contributed by atoms with Crippen LogP contribution in [0.15, 0.2) is 32.6 Å². The number of aromatic nitrogens is 3. The van der Waals surface area contributed by atoms with Gasteiger partial charge in [-0.25, -0.2) is 0 Å². The van der Waals surface area contributed by atoms with E-state index in [1.54, 1.807) is 6.07 Å². The minimum atomic E-state index is -1.53. The Morgan fingerprint density at radius 3 is 1.35 bits per heavy atom. The SMILES string of the molecule is O=c1[nH]c(O[C@@H]2OC(CO)[C@@H](O)[C@H](O)C2O)cc2c1CCCC2.O=c1cc(O[C@@H]2OC(CO)[C@@H](O)[C@H](O)C2O)[nH]c2c1CCCC2.O=c1cc(O[C@@H]2OC(CO)[C@@H](O)[C@H](O)C2O)[nH]c2c1CNCC2. The fourth-order valence-corrected chi connectivity index (χ4v) is 8.94. The van der Waals surface area contributed by atoms with Crippen LogP contribution in [-0.2, 0) is 52.9 Å². The second-order valence-electron chi connectivity index (χ2n) is 17.7. The molecule has 3 fully saturated rings. The Balaban J connectivity index is 0.000000153. The Labute approximate surface area is 392 Å². The van der Waals surface area contributed by atoms with Crippen molar-refractivity contribution in [3.05, 3.63) is 82.6 Å². The molecule has 0 spiro atoms. The van der Waals surface area contributed by atoms with E-state index in [0.29, 0.717) is 18.5 Å². The third kappa shape index (κ3) is 11.9. The molecule has 0 saturated carbocycles. The van der Waals surface area contributed by atoms with E-state index >= 15 is 0 Å². The van der Waals surface area contributed by atoms with E-state index in [4.69, 9.17) is 43.7 Å². The van der Waals surface area contributed by atoms with Crippen molar-refractivity contribution in [3.63, 3.8) is 0 Å². The van der Waals surface area contributed by atoms with Gasteiger partial charge >= 0.3 is 0 Å². The molecule has 25 heteroatoms. The topological polar surface area (TPSA) is 409 Å². The average Bonchev–Trinajstić information content (AvgIpc) is 3.35. The predicted octanol–water partition coefficient (Wildman–Crippen LogP) is -5.94. The van der Waals surface area contributed by atoms with Gasteiger partial charge in [0, 0.05) is 65.8 Å². The summed E-state index contributed by atoms with van der Waals surface area (Å²) < 4.78 is 32.1. The summed E-state index contributed by atoms with van der Waals surface area (Å²) in [6.45, 7) is -0.411. The third-order valence-electron chi connectivity index (χ3n) is 13.0. The van der Waals surface area contributed by atoms with E-state index in [1.165, 1.54) is 12.1 Å². The molecule has 16 N–H and O–H groups in total. The molecule has 384 valence electrons. The van der Waals surface area contributed by atoms with Gasteiger partial charge in [0.05, 0.1) is 19.8 Å². The molecule has 3 aromatic rings. The van der Waals surface area contributed by atoms with Crippen molar-refractivity contribution in [3.8, 4) is 17.6 Å². The highest BCUT2D eigenvalue weighted by atomic mass is 16.7. The lowest BCUT2D eigenvalue weighted by atomic mass is 9.93. The van der Waals surface area contributed by atoms with Gasteiger partial charge in [0.2, 0.25) is 18.9 Å². The zero-order chi connectivity index (χ0) is 49.7. The van der Waals surface area contributed by atoms with Crippen LogP contribution in [0.25, 0.3) is 0 Å². The second kappa shape index (κ2) is 23.2. The molecule has 6 unspecified atom stereocenters. The maximum absolute atomic E-state index is 12.1. The van der Waals surface area contributed by atoms with Crippen molar-refractivity contribution >= 4 is 0 Å². The lowest BCUT2D eigenvalue weighted by molar-refractivity contribution is -0.278. The molecule has 9 rings (SSSR count). The Bertz CT molecular complexity index is 2100. The second-order valence-corrected chi connectivity index (χ2v) is 17.7. The maximum Gasteiger partial charge on any atom is 0.254 e. The summed E-state index contributed by atoms with van der Waals surface area (Å²) in [5.41, 5.74) is 4.01.